The highest BCUT2D eigenvalue weighted by Crippen LogP contribution is 2.40. The minimum Gasteiger partial charge on any atom is -0.439 e. The number of nitrogens with zero attached hydrogens (tertiary/aromatic N) is 1. The van der Waals surface area contributed by atoms with Crippen molar-refractivity contribution in [2.24, 2.45) is 5.92 Å². The highest BCUT2D eigenvalue weighted by molar-refractivity contribution is 5.78. The molecule has 4 aromatic rings. The largest absolute Gasteiger partial charge is 0.439 e. The molecular formula is C25H21NO2. The monoisotopic (exact) mass is 367 g/mol. The van der Waals surface area contributed by atoms with Gasteiger partial charge in [-0.25, -0.2) is 4.98 Å². The molecule has 3 heteroatoms. The molecule has 1 aliphatic rings. The van der Waals surface area contributed by atoms with Crippen LogP contribution in [-0.2, 0) is 12.8 Å². The number of benzene rings is 3. The van der Waals surface area contributed by atoms with Gasteiger partial charge in [0.05, 0.1) is 11.6 Å². The molecule has 0 aliphatic heterocycles. The molecule has 0 saturated heterocycles. The fourth-order valence-electron chi connectivity index (χ4n) is 4.07. The van der Waals surface area contributed by atoms with Gasteiger partial charge in [-0.3, -0.25) is 0 Å². The molecule has 1 heterocycles. The number of hydrogen-bond acceptors (Lipinski definition) is 3. The van der Waals surface area contributed by atoms with E-state index in [0.29, 0.717) is 11.6 Å². The third-order valence-corrected chi connectivity index (χ3v) is 5.50. The van der Waals surface area contributed by atoms with E-state index in [2.05, 4.69) is 23.2 Å². The first-order valence-electron chi connectivity index (χ1n) is 9.65. The van der Waals surface area contributed by atoms with Crippen LogP contribution in [0.25, 0.3) is 10.9 Å². The molecule has 3 nitrogen and oxygen atoms in total. The summed E-state index contributed by atoms with van der Waals surface area (Å²) in [7, 11) is 0. The SMILES string of the molecule is OC1c2cc(Oc3ccc4ccccc4n3)ccc2CC1Cc1ccccc1. The zero-order valence-electron chi connectivity index (χ0n) is 15.5. The van der Waals surface area contributed by atoms with Gasteiger partial charge < -0.3 is 9.84 Å². The van der Waals surface area contributed by atoms with Crippen LogP contribution in [0.15, 0.2) is 84.9 Å². The summed E-state index contributed by atoms with van der Waals surface area (Å²) in [6.45, 7) is 0. The van der Waals surface area contributed by atoms with Gasteiger partial charge in [0.2, 0.25) is 5.88 Å². The van der Waals surface area contributed by atoms with E-state index >= 15 is 0 Å². The molecule has 0 bridgehead atoms. The van der Waals surface area contributed by atoms with Crippen molar-refractivity contribution in [2.45, 2.75) is 18.9 Å². The van der Waals surface area contributed by atoms with Crippen molar-refractivity contribution in [1.82, 2.24) is 4.98 Å². The van der Waals surface area contributed by atoms with E-state index in [4.69, 9.17) is 4.74 Å². The van der Waals surface area contributed by atoms with Crippen LogP contribution in [0.3, 0.4) is 0 Å². The van der Waals surface area contributed by atoms with Crippen LogP contribution in [0.4, 0.5) is 0 Å². The van der Waals surface area contributed by atoms with Gasteiger partial charge in [-0.05, 0) is 59.7 Å². The molecule has 0 amide bonds. The van der Waals surface area contributed by atoms with Crippen molar-refractivity contribution in [3.63, 3.8) is 0 Å². The molecule has 2 atom stereocenters. The minimum atomic E-state index is -0.469. The van der Waals surface area contributed by atoms with Crippen molar-refractivity contribution in [3.8, 4) is 11.6 Å². The first-order chi connectivity index (χ1) is 13.8. The van der Waals surface area contributed by atoms with E-state index in [0.717, 1.165) is 29.3 Å². The Labute approximate surface area is 164 Å². The maximum absolute atomic E-state index is 10.9. The Morgan fingerprint density at radius 2 is 1.71 bits per heavy atom. The molecule has 1 N–H and O–H groups in total. The molecule has 1 aromatic heterocycles. The summed E-state index contributed by atoms with van der Waals surface area (Å²) < 4.78 is 5.99. The first-order valence-corrected chi connectivity index (χ1v) is 9.65. The Morgan fingerprint density at radius 3 is 2.61 bits per heavy atom. The Balaban J connectivity index is 1.36. The molecule has 3 aromatic carbocycles. The van der Waals surface area contributed by atoms with Gasteiger partial charge in [0.1, 0.15) is 5.75 Å². The molecule has 0 saturated carbocycles. The summed E-state index contributed by atoms with van der Waals surface area (Å²) in [4.78, 5) is 4.57. The van der Waals surface area contributed by atoms with E-state index in [9.17, 15) is 5.11 Å². The van der Waals surface area contributed by atoms with Crippen LogP contribution < -0.4 is 4.74 Å². The van der Waals surface area contributed by atoms with Crippen molar-refractivity contribution >= 4 is 10.9 Å². The van der Waals surface area contributed by atoms with Crippen molar-refractivity contribution in [3.05, 3.63) is 102 Å². The molecule has 0 spiro atoms. The number of aliphatic hydroxyl groups is 1. The second-order valence-corrected chi connectivity index (χ2v) is 7.40. The highest BCUT2D eigenvalue weighted by Gasteiger charge is 2.31. The summed E-state index contributed by atoms with van der Waals surface area (Å²) in [6, 6.07) is 28.2. The molecular weight excluding hydrogens is 346 g/mol. The first kappa shape index (κ1) is 17.0. The van der Waals surface area contributed by atoms with E-state index in [1.54, 1.807) is 0 Å². The lowest BCUT2D eigenvalue weighted by atomic mass is 9.95. The number of aliphatic hydroxyl groups excluding tert-OH is 1. The smallest absolute Gasteiger partial charge is 0.219 e. The molecule has 5 rings (SSSR count). The van der Waals surface area contributed by atoms with Crippen LogP contribution >= 0.6 is 0 Å². The van der Waals surface area contributed by atoms with Gasteiger partial charge in [-0.1, -0.05) is 54.6 Å². The summed E-state index contributed by atoms with van der Waals surface area (Å²) in [5.41, 5.74) is 4.34. The number of pyridine rings is 1. The Hall–Kier alpha value is -3.17. The standard InChI is InChI=1S/C25H21NO2/c27-25-20(14-17-6-2-1-3-7-17)15-19-10-12-21(16-22(19)25)28-24-13-11-18-8-4-5-9-23(18)26-24/h1-13,16,20,25,27H,14-15H2. The molecule has 0 radical (unpaired) electrons. The molecule has 138 valence electrons. The second kappa shape index (κ2) is 7.10. The van der Waals surface area contributed by atoms with Crippen molar-refractivity contribution in [2.75, 3.05) is 0 Å². The van der Waals surface area contributed by atoms with Crippen LogP contribution in [0.5, 0.6) is 11.6 Å². The normalized spacial score (nSPS) is 18.2. The third-order valence-electron chi connectivity index (χ3n) is 5.50. The van der Waals surface area contributed by atoms with Gasteiger partial charge >= 0.3 is 0 Å². The fraction of sp³-hybridized carbons (Fsp3) is 0.160. The quantitative estimate of drug-likeness (QED) is 0.520. The summed E-state index contributed by atoms with van der Waals surface area (Å²) in [6.07, 6.45) is 1.29. The molecule has 1 aliphatic carbocycles. The van der Waals surface area contributed by atoms with E-state index in [1.165, 1.54) is 11.1 Å². The third kappa shape index (κ3) is 3.25. The number of para-hydroxylation sites is 1. The topological polar surface area (TPSA) is 42.4 Å². The Kier molecular flexibility index (Phi) is 4.30. The average Bonchev–Trinajstić information content (AvgIpc) is 3.04. The lowest BCUT2D eigenvalue weighted by molar-refractivity contribution is 0.123. The van der Waals surface area contributed by atoms with Crippen LogP contribution in [-0.4, -0.2) is 10.1 Å². The Morgan fingerprint density at radius 1 is 0.893 bits per heavy atom. The van der Waals surface area contributed by atoms with E-state index < -0.39 is 6.10 Å². The highest BCUT2D eigenvalue weighted by atomic mass is 16.5. The summed E-state index contributed by atoms with van der Waals surface area (Å²) in [5.74, 6) is 1.47. The maximum atomic E-state index is 10.9. The minimum absolute atomic E-state index is 0.200. The lowest BCUT2D eigenvalue weighted by Gasteiger charge is -2.15. The zero-order valence-corrected chi connectivity index (χ0v) is 15.5. The number of rotatable bonds is 4. The van der Waals surface area contributed by atoms with Crippen LogP contribution in [0, 0.1) is 5.92 Å². The number of fused-ring (bicyclic) bond motifs is 2. The molecule has 0 fully saturated rings. The summed E-state index contributed by atoms with van der Waals surface area (Å²) in [5, 5.41) is 11.9. The lowest BCUT2D eigenvalue weighted by Crippen LogP contribution is -2.10. The van der Waals surface area contributed by atoms with Gasteiger partial charge in [-0.15, -0.1) is 0 Å². The van der Waals surface area contributed by atoms with E-state index in [-0.39, 0.29) is 5.92 Å². The fourth-order valence-corrected chi connectivity index (χ4v) is 4.07. The van der Waals surface area contributed by atoms with Gasteiger partial charge in [-0.2, -0.15) is 0 Å². The van der Waals surface area contributed by atoms with Crippen LogP contribution in [0.2, 0.25) is 0 Å². The summed E-state index contributed by atoms with van der Waals surface area (Å²) >= 11 is 0. The Bertz CT molecular complexity index is 1120. The predicted octanol–water partition coefficient (Wildman–Crippen LogP) is 5.48. The van der Waals surface area contributed by atoms with Gasteiger partial charge in [0, 0.05) is 11.5 Å². The maximum Gasteiger partial charge on any atom is 0.219 e. The van der Waals surface area contributed by atoms with Crippen molar-refractivity contribution in [1.29, 1.82) is 0 Å². The van der Waals surface area contributed by atoms with Crippen molar-refractivity contribution < 1.29 is 9.84 Å². The number of aromatic nitrogens is 1. The van der Waals surface area contributed by atoms with Crippen LogP contribution in [0.1, 0.15) is 22.8 Å². The van der Waals surface area contributed by atoms with Gasteiger partial charge in [0.25, 0.3) is 0 Å². The predicted molar refractivity (Wildman–Crippen MR) is 111 cm³/mol. The number of ether oxygens (including phenoxy) is 1. The molecule has 2 unspecified atom stereocenters. The second-order valence-electron chi connectivity index (χ2n) is 7.40. The van der Waals surface area contributed by atoms with Gasteiger partial charge in [0.15, 0.2) is 0 Å². The molecule has 28 heavy (non-hydrogen) atoms. The average molecular weight is 367 g/mol. The zero-order chi connectivity index (χ0) is 18.9. The number of hydrogen-bond donors (Lipinski definition) is 1. The van der Waals surface area contributed by atoms with E-state index in [1.807, 2.05) is 66.7 Å².